The van der Waals surface area contributed by atoms with Gasteiger partial charge in [-0.2, -0.15) is 0 Å². The Bertz CT molecular complexity index is 4500. The number of aromatic nitrogens is 4. The van der Waals surface area contributed by atoms with E-state index in [1.807, 2.05) is 0 Å². The molecule has 0 amide bonds. The number of nitrogens with zero attached hydrogens (tertiary/aromatic N) is 2. The fourth-order valence-corrected chi connectivity index (χ4v) is 11.0. The first-order chi connectivity index (χ1) is 42.4. The second-order valence-electron chi connectivity index (χ2n) is 19.2. The summed E-state index contributed by atoms with van der Waals surface area (Å²) in [6.07, 6.45) is 2.55. The van der Waals surface area contributed by atoms with Crippen LogP contribution in [-0.4, -0.2) is 33.0 Å². The SMILES string of the molecule is O=P(NCCNc1c(F)c(F)c(-c2c3nc(c(-c4c(F)c(F)c(F)c(F)c4F)c4ccc([nH]4)c(-c4c(F)c(F)c(F)c(F)c4F)c4nc(c(-c5c(F)c(F)c(F)c(F)c5F)c5ccc2[nH]5)C=C4)C=C3)c(F)c1F)(OCc1ccccc1)OCc1ccccc1. The van der Waals surface area contributed by atoms with Crippen molar-refractivity contribution in [2.45, 2.75) is 13.2 Å². The summed E-state index contributed by atoms with van der Waals surface area (Å²) in [5.41, 5.74) is -20.6. The molecule has 9 aromatic rings. The van der Waals surface area contributed by atoms with Crippen LogP contribution in [-0.2, 0) is 26.8 Å². The minimum Gasteiger partial charge on any atom is -0.379 e. The Labute approximate surface area is 486 Å². The van der Waals surface area contributed by atoms with Gasteiger partial charge in [-0.1, -0.05) is 60.7 Å². The predicted molar refractivity (Wildman–Crippen MR) is 286 cm³/mol. The van der Waals surface area contributed by atoms with Gasteiger partial charge in [0.2, 0.25) is 17.5 Å². The van der Waals surface area contributed by atoms with Crippen LogP contribution >= 0.6 is 7.75 Å². The summed E-state index contributed by atoms with van der Waals surface area (Å²) in [6.45, 7) is -1.85. The van der Waals surface area contributed by atoms with Crippen molar-refractivity contribution in [2.75, 3.05) is 18.4 Å². The first-order valence-electron chi connectivity index (χ1n) is 25.5. The van der Waals surface area contributed by atoms with Crippen LogP contribution in [0.25, 0.3) is 90.9 Å². The molecule has 0 radical (unpaired) electrons. The lowest BCUT2D eigenvalue weighted by Crippen LogP contribution is -2.23. The number of aromatic amines is 2. The van der Waals surface area contributed by atoms with Gasteiger partial charge in [0.1, 0.15) is 5.69 Å². The van der Waals surface area contributed by atoms with Crippen molar-refractivity contribution >= 4 is 59.8 Å². The third kappa shape index (κ3) is 10.8. The highest BCUT2D eigenvalue weighted by Crippen LogP contribution is 2.47. The Morgan fingerprint density at radius 3 is 0.865 bits per heavy atom. The molecule has 0 atom stereocenters. The van der Waals surface area contributed by atoms with Gasteiger partial charge in [-0.25, -0.2) is 103 Å². The molecule has 9 nitrogen and oxygen atoms in total. The highest BCUT2D eigenvalue weighted by molar-refractivity contribution is 7.51. The zero-order valence-corrected chi connectivity index (χ0v) is 44.9. The Morgan fingerprint density at radius 1 is 0.326 bits per heavy atom. The number of anilines is 1. The van der Waals surface area contributed by atoms with Crippen LogP contribution in [0.2, 0.25) is 0 Å². The molecule has 5 heterocycles. The number of benzene rings is 6. The van der Waals surface area contributed by atoms with Crippen LogP contribution in [0.15, 0.2) is 84.9 Å². The van der Waals surface area contributed by atoms with Gasteiger partial charge < -0.3 is 15.3 Å². The molecule has 456 valence electrons. The van der Waals surface area contributed by atoms with Crippen molar-refractivity contribution in [2.24, 2.45) is 0 Å². The van der Waals surface area contributed by atoms with Crippen LogP contribution < -0.4 is 10.4 Å². The molecule has 11 rings (SSSR count). The van der Waals surface area contributed by atoms with Crippen molar-refractivity contribution in [3.8, 4) is 44.5 Å². The lowest BCUT2D eigenvalue weighted by molar-refractivity contribution is 0.183. The predicted octanol–water partition coefficient (Wildman–Crippen LogP) is 17.5. The van der Waals surface area contributed by atoms with E-state index in [0.29, 0.717) is 59.7 Å². The van der Waals surface area contributed by atoms with Gasteiger partial charge in [0.15, 0.2) is 93.1 Å². The minimum atomic E-state index is -4.34. The van der Waals surface area contributed by atoms with Crippen LogP contribution in [0.5, 0.6) is 0 Å². The van der Waals surface area contributed by atoms with E-state index in [0.717, 1.165) is 0 Å². The molecule has 0 aliphatic carbocycles. The Balaban J connectivity index is 1.16. The maximum atomic E-state index is 17.1. The topological polar surface area (TPSA) is 117 Å². The number of H-pyrrole nitrogens is 2. The van der Waals surface area contributed by atoms with Gasteiger partial charge in [0.05, 0.1) is 58.2 Å². The molecule has 29 heteroatoms. The van der Waals surface area contributed by atoms with E-state index in [1.165, 1.54) is 0 Å². The standard InChI is InChI=1S/C60H30F19N6O3P/c61-41-37(42(62)50(70)55(75)49(41)69)33-25-11-13-27(82-25)34(38-43(63)51(71)56(76)52(72)44(38)64)29-15-17-31(84-29)36(32-18-16-30(85-32)35(28-14-12-26(33)83-28)39-45(65)53(73)57(77)54(74)46(39)66)40-47(67)58(78)60(59(79)48(40)68)80-19-20-81-89(86,87-21-23-7-3-1-4-8-23)88-22-24-9-5-2-6-10-24/h1-18,80,82,85H,19-22H2,(H,81,86). The van der Waals surface area contributed by atoms with Gasteiger partial charge in [-0.3, -0.25) is 9.05 Å². The number of nitrogens with one attached hydrogen (secondary N) is 4. The van der Waals surface area contributed by atoms with Gasteiger partial charge in [0, 0.05) is 57.4 Å². The molecule has 0 saturated carbocycles. The molecule has 6 aromatic carbocycles. The van der Waals surface area contributed by atoms with Crippen LogP contribution in [0, 0.1) is 111 Å². The molecule has 0 spiro atoms. The van der Waals surface area contributed by atoms with E-state index in [-0.39, 0.29) is 13.2 Å². The van der Waals surface area contributed by atoms with Gasteiger partial charge in [-0.05, 0) is 59.7 Å². The van der Waals surface area contributed by atoms with E-state index < -0.39 is 226 Å². The van der Waals surface area contributed by atoms with E-state index in [4.69, 9.17) is 9.05 Å². The molecule has 89 heavy (non-hydrogen) atoms. The first-order valence-corrected chi connectivity index (χ1v) is 27.0. The van der Waals surface area contributed by atoms with Crippen molar-refractivity contribution in [1.82, 2.24) is 25.0 Å². The number of fused-ring (bicyclic) bond motifs is 8. The molecule has 0 saturated heterocycles. The molecule has 2 aliphatic rings. The van der Waals surface area contributed by atoms with Crippen LogP contribution in [0.4, 0.5) is 89.1 Å². The lowest BCUT2D eigenvalue weighted by atomic mass is 10.0. The quantitative estimate of drug-likeness (QED) is 0.0266. The molecule has 0 unspecified atom stereocenters. The fourth-order valence-electron chi connectivity index (χ4n) is 9.71. The average molecular weight is 1270 g/mol. The zero-order chi connectivity index (χ0) is 63.7. The number of hydrogen-bond donors (Lipinski definition) is 4. The number of halogens is 19. The molecule has 0 fully saturated rings. The van der Waals surface area contributed by atoms with E-state index >= 15 is 70.2 Å². The van der Waals surface area contributed by atoms with Crippen molar-refractivity contribution in [1.29, 1.82) is 0 Å². The number of hydrogen-bond acceptors (Lipinski definition) is 6. The zero-order valence-electron chi connectivity index (χ0n) is 44.0. The van der Waals surface area contributed by atoms with Gasteiger partial charge in [0.25, 0.3) is 0 Å². The Morgan fingerprint density at radius 2 is 0.584 bits per heavy atom. The fraction of sp³-hybridized carbons (Fsp3) is 0.0667. The molecule has 4 N–H and O–H groups in total. The minimum absolute atomic E-state index is 0.282. The van der Waals surface area contributed by atoms with Crippen molar-refractivity contribution in [3.05, 3.63) is 229 Å². The third-order valence-electron chi connectivity index (χ3n) is 13.9. The summed E-state index contributed by atoms with van der Waals surface area (Å²) in [6, 6.07) is 19.2. The summed E-state index contributed by atoms with van der Waals surface area (Å²) < 4.78 is 324. The highest BCUT2D eigenvalue weighted by atomic mass is 31.2. The van der Waals surface area contributed by atoms with Gasteiger partial charge in [-0.15, -0.1) is 0 Å². The van der Waals surface area contributed by atoms with Gasteiger partial charge >= 0.3 is 7.75 Å². The van der Waals surface area contributed by atoms with Crippen LogP contribution in [0.1, 0.15) is 33.9 Å². The molecule has 2 aliphatic heterocycles. The lowest BCUT2D eigenvalue weighted by Gasteiger charge is -2.20. The van der Waals surface area contributed by atoms with E-state index in [9.17, 15) is 17.7 Å². The monoisotopic (exact) mass is 1270 g/mol. The molecule has 3 aromatic heterocycles. The maximum Gasteiger partial charge on any atom is 0.406 e. The average Bonchev–Trinajstić information content (AvgIpc) is 1.71. The third-order valence-corrected chi connectivity index (χ3v) is 15.4. The molecular formula is C60H30F19N6O3P. The summed E-state index contributed by atoms with van der Waals surface area (Å²) >= 11 is 0. The van der Waals surface area contributed by atoms with Crippen molar-refractivity contribution in [3.63, 3.8) is 0 Å². The smallest absolute Gasteiger partial charge is 0.379 e. The van der Waals surface area contributed by atoms with E-state index in [2.05, 4.69) is 30.3 Å². The highest BCUT2D eigenvalue weighted by Gasteiger charge is 2.36. The number of rotatable bonds is 15. The summed E-state index contributed by atoms with van der Waals surface area (Å²) in [7, 11) is -4.34. The second kappa shape index (κ2) is 23.9. The molecular weight excluding hydrogens is 1240 g/mol. The maximum absolute atomic E-state index is 17.1. The summed E-state index contributed by atoms with van der Waals surface area (Å²) in [5, 5.41) is 4.60. The normalized spacial score (nSPS) is 12.3. The van der Waals surface area contributed by atoms with Crippen LogP contribution in [0.3, 0.4) is 0 Å². The largest absolute Gasteiger partial charge is 0.406 e. The Hall–Kier alpha value is -9.50. The summed E-state index contributed by atoms with van der Waals surface area (Å²) in [4.78, 5) is 12.8. The second-order valence-corrected chi connectivity index (χ2v) is 21.0. The van der Waals surface area contributed by atoms with E-state index in [1.54, 1.807) is 60.7 Å². The van der Waals surface area contributed by atoms with Crippen molar-refractivity contribution < 1.29 is 97.0 Å². The first kappa shape index (κ1) is 61.2. The molecule has 8 bridgehead atoms. The summed E-state index contributed by atoms with van der Waals surface area (Å²) in [5.74, 6) is -48.6. The Kier molecular flexibility index (Phi) is 16.4.